The van der Waals surface area contributed by atoms with E-state index < -0.39 is 0 Å². The predicted molar refractivity (Wildman–Crippen MR) is 67.9 cm³/mol. The molecular formula is C11H6Cl2N2OS. The van der Waals surface area contributed by atoms with Crippen LogP contribution in [0.3, 0.4) is 0 Å². The number of thiazole rings is 1. The highest BCUT2D eigenvalue weighted by molar-refractivity contribution is 7.14. The second-order valence-corrected chi connectivity index (χ2v) is 4.74. The highest BCUT2D eigenvalue weighted by atomic mass is 35.5. The summed E-state index contributed by atoms with van der Waals surface area (Å²) in [4.78, 5) is 4.79. The number of nitrogens with zero attached hydrogens (tertiary/aromatic N) is 2. The molecule has 0 fully saturated rings. The number of halogens is 2. The number of aromatic nitrogens is 1. The quantitative estimate of drug-likeness (QED) is 0.794. The summed E-state index contributed by atoms with van der Waals surface area (Å²) >= 11 is 12.8. The van der Waals surface area contributed by atoms with Gasteiger partial charge in [-0.05, 0) is 18.2 Å². The molecule has 0 radical (unpaired) electrons. The second-order valence-electron chi connectivity index (χ2n) is 3.07. The molecule has 0 saturated heterocycles. The molecule has 1 aromatic carbocycles. The molecule has 3 nitrogen and oxygen atoms in total. The third-order valence-corrected chi connectivity index (χ3v) is 3.70. The lowest BCUT2D eigenvalue weighted by Crippen LogP contribution is -1.83. The fourth-order valence-corrected chi connectivity index (χ4v) is 2.51. The molecule has 17 heavy (non-hydrogen) atoms. The van der Waals surface area contributed by atoms with Gasteiger partial charge in [0.15, 0.2) is 0 Å². The lowest BCUT2D eigenvalue weighted by Gasteiger charge is -2.00. The van der Waals surface area contributed by atoms with E-state index in [4.69, 9.17) is 33.2 Å². The van der Waals surface area contributed by atoms with Crippen LogP contribution in [0.4, 0.5) is 0 Å². The Bertz CT molecular complexity index is 577. The van der Waals surface area contributed by atoms with Gasteiger partial charge in [-0.15, -0.1) is 11.6 Å². The SMILES string of the molecule is N#Cc1cccc(Oc2nc(Cl)c(CCl)s2)c1. The number of nitriles is 1. The van der Waals surface area contributed by atoms with Crippen molar-refractivity contribution in [3.8, 4) is 17.0 Å². The van der Waals surface area contributed by atoms with E-state index >= 15 is 0 Å². The Balaban J connectivity index is 2.22. The van der Waals surface area contributed by atoms with Crippen LogP contribution in [0, 0.1) is 11.3 Å². The van der Waals surface area contributed by atoms with Crippen molar-refractivity contribution in [3.05, 3.63) is 39.9 Å². The van der Waals surface area contributed by atoms with E-state index in [0.29, 0.717) is 27.5 Å². The summed E-state index contributed by atoms with van der Waals surface area (Å²) < 4.78 is 5.50. The third kappa shape index (κ3) is 2.89. The van der Waals surface area contributed by atoms with Gasteiger partial charge in [-0.3, -0.25) is 0 Å². The minimum Gasteiger partial charge on any atom is -0.431 e. The summed E-state index contributed by atoms with van der Waals surface area (Å²) in [5.74, 6) is 0.855. The fraction of sp³-hybridized carbons (Fsp3) is 0.0909. The van der Waals surface area contributed by atoms with Gasteiger partial charge in [0.05, 0.1) is 22.4 Å². The van der Waals surface area contributed by atoms with Gasteiger partial charge in [-0.1, -0.05) is 29.0 Å². The van der Waals surface area contributed by atoms with Crippen LogP contribution in [0.15, 0.2) is 24.3 Å². The number of ether oxygens (including phenoxy) is 1. The van der Waals surface area contributed by atoms with Gasteiger partial charge < -0.3 is 4.74 Å². The first-order chi connectivity index (χ1) is 8.22. The van der Waals surface area contributed by atoms with Gasteiger partial charge in [0.1, 0.15) is 10.9 Å². The molecule has 0 saturated carbocycles. The molecule has 1 aromatic heterocycles. The Kier molecular flexibility index (Phi) is 3.85. The molecule has 0 N–H and O–H groups in total. The molecule has 0 bridgehead atoms. The van der Waals surface area contributed by atoms with Gasteiger partial charge >= 0.3 is 0 Å². The van der Waals surface area contributed by atoms with E-state index in [9.17, 15) is 0 Å². The highest BCUT2D eigenvalue weighted by Crippen LogP contribution is 2.33. The summed E-state index contributed by atoms with van der Waals surface area (Å²) in [6.07, 6.45) is 0. The first kappa shape index (κ1) is 12.2. The first-order valence-electron chi connectivity index (χ1n) is 4.62. The van der Waals surface area contributed by atoms with Gasteiger partial charge in [-0.2, -0.15) is 10.2 Å². The Morgan fingerprint density at radius 2 is 2.29 bits per heavy atom. The zero-order chi connectivity index (χ0) is 12.3. The average molecular weight is 285 g/mol. The van der Waals surface area contributed by atoms with Gasteiger partial charge in [0, 0.05) is 0 Å². The molecule has 0 spiro atoms. The number of hydrogen-bond donors (Lipinski definition) is 0. The van der Waals surface area contributed by atoms with Gasteiger partial charge in [-0.25, -0.2) is 0 Å². The maximum atomic E-state index is 8.76. The van der Waals surface area contributed by atoms with E-state index in [1.165, 1.54) is 11.3 Å². The van der Waals surface area contributed by atoms with Crippen molar-refractivity contribution < 1.29 is 4.74 Å². The van der Waals surface area contributed by atoms with E-state index in [1.807, 2.05) is 6.07 Å². The summed E-state index contributed by atoms with van der Waals surface area (Å²) in [5.41, 5.74) is 0.530. The molecule has 1 heterocycles. The Morgan fingerprint density at radius 1 is 1.47 bits per heavy atom. The van der Waals surface area contributed by atoms with Crippen molar-refractivity contribution in [1.82, 2.24) is 4.98 Å². The standard InChI is InChI=1S/C11H6Cl2N2OS/c12-5-9-10(13)15-11(17-9)16-8-3-1-2-7(4-8)6-14/h1-4H,5H2. The van der Waals surface area contributed by atoms with Crippen molar-refractivity contribution in [1.29, 1.82) is 5.26 Å². The molecule has 2 rings (SSSR count). The van der Waals surface area contributed by atoms with Crippen LogP contribution in [0.25, 0.3) is 0 Å². The van der Waals surface area contributed by atoms with Crippen molar-refractivity contribution in [2.75, 3.05) is 0 Å². The van der Waals surface area contributed by atoms with Gasteiger partial charge in [0.25, 0.3) is 5.19 Å². The predicted octanol–water partition coefficient (Wildman–Crippen LogP) is 4.20. The highest BCUT2D eigenvalue weighted by Gasteiger charge is 2.10. The molecule has 6 heteroatoms. The smallest absolute Gasteiger partial charge is 0.280 e. The maximum absolute atomic E-state index is 8.76. The monoisotopic (exact) mass is 284 g/mol. The largest absolute Gasteiger partial charge is 0.431 e. The maximum Gasteiger partial charge on any atom is 0.280 e. The molecule has 0 atom stereocenters. The van der Waals surface area contributed by atoms with Crippen LogP contribution in [-0.2, 0) is 5.88 Å². The van der Waals surface area contributed by atoms with Crippen LogP contribution < -0.4 is 4.74 Å². The van der Waals surface area contributed by atoms with Crippen LogP contribution in [-0.4, -0.2) is 4.98 Å². The lowest BCUT2D eigenvalue weighted by molar-refractivity contribution is 0.479. The number of hydrogen-bond acceptors (Lipinski definition) is 4. The van der Waals surface area contributed by atoms with Crippen LogP contribution in [0.5, 0.6) is 10.9 Å². The van der Waals surface area contributed by atoms with Gasteiger partial charge in [0.2, 0.25) is 0 Å². The van der Waals surface area contributed by atoms with E-state index in [2.05, 4.69) is 4.98 Å². The van der Waals surface area contributed by atoms with E-state index in [0.717, 1.165) is 4.88 Å². The van der Waals surface area contributed by atoms with Crippen LogP contribution in [0.2, 0.25) is 5.15 Å². The molecule has 0 aliphatic rings. The Labute approximate surface area is 112 Å². The van der Waals surface area contributed by atoms with Crippen LogP contribution >= 0.6 is 34.5 Å². The van der Waals surface area contributed by atoms with Crippen molar-refractivity contribution in [3.63, 3.8) is 0 Å². The number of rotatable bonds is 3. The first-order valence-corrected chi connectivity index (χ1v) is 6.35. The summed E-state index contributed by atoms with van der Waals surface area (Å²) in [7, 11) is 0. The van der Waals surface area contributed by atoms with Crippen molar-refractivity contribution in [2.24, 2.45) is 0 Å². The third-order valence-electron chi connectivity index (χ3n) is 1.92. The van der Waals surface area contributed by atoms with Crippen molar-refractivity contribution >= 4 is 34.5 Å². The molecule has 0 aliphatic heterocycles. The Hall–Kier alpha value is -1.28. The van der Waals surface area contributed by atoms with E-state index in [-0.39, 0.29) is 0 Å². The number of benzene rings is 1. The molecule has 0 amide bonds. The Morgan fingerprint density at radius 3 is 2.94 bits per heavy atom. The molecule has 86 valence electrons. The summed E-state index contributed by atoms with van der Waals surface area (Å²) in [6.45, 7) is 0. The minimum atomic E-state index is 0.304. The molecular weight excluding hydrogens is 279 g/mol. The number of alkyl halides is 1. The zero-order valence-corrected chi connectivity index (χ0v) is 10.8. The molecule has 2 aromatic rings. The van der Waals surface area contributed by atoms with Crippen molar-refractivity contribution in [2.45, 2.75) is 5.88 Å². The fourth-order valence-electron chi connectivity index (χ4n) is 1.17. The lowest BCUT2D eigenvalue weighted by atomic mass is 10.2. The normalized spacial score (nSPS) is 9.94. The van der Waals surface area contributed by atoms with E-state index in [1.54, 1.807) is 24.3 Å². The summed E-state index contributed by atoms with van der Waals surface area (Å²) in [5, 5.41) is 9.53. The topological polar surface area (TPSA) is 45.9 Å². The minimum absolute atomic E-state index is 0.304. The summed E-state index contributed by atoms with van der Waals surface area (Å²) in [6, 6.07) is 8.86. The zero-order valence-electron chi connectivity index (χ0n) is 8.48. The van der Waals surface area contributed by atoms with Crippen LogP contribution in [0.1, 0.15) is 10.4 Å². The molecule has 0 unspecified atom stereocenters. The average Bonchev–Trinajstić information content (AvgIpc) is 2.69. The second kappa shape index (κ2) is 5.37. The molecule has 0 aliphatic carbocycles.